The van der Waals surface area contributed by atoms with Crippen molar-refractivity contribution in [3.05, 3.63) is 0 Å². The molecule has 1 atom stereocenters. The van der Waals surface area contributed by atoms with Gasteiger partial charge in [0.2, 0.25) is 0 Å². The van der Waals surface area contributed by atoms with Crippen LogP contribution in [0, 0.1) is 0 Å². The molecule has 0 rings (SSSR count). The molecule has 0 aromatic heterocycles. The summed E-state index contributed by atoms with van der Waals surface area (Å²) in [5.41, 5.74) is 10.4. The third kappa shape index (κ3) is 9.97. The number of nitrogens with two attached hydrogens (primary N) is 2. The molecule has 0 saturated carbocycles. The summed E-state index contributed by atoms with van der Waals surface area (Å²) in [4.78, 5) is 10.1. The number of carboxylic acid groups (broad SMARTS) is 1. The third-order valence-corrected chi connectivity index (χ3v) is 1.29. The van der Waals surface area contributed by atoms with Crippen molar-refractivity contribution < 1.29 is 9.90 Å². The molecule has 0 spiro atoms. The molecule has 12 heavy (non-hydrogen) atoms. The number of halogens is 2. The Morgan fingerprint density at radius 3 is 2.17 bits per heavy atom. The van der Waals surface area contributed by atoms with E-state index < -0.39 is 12.0 Å². The van der Waals surface area contributed by atoms with Crippen LogP contribution in [-0.2, 0) is 4.79 Å². The van der Waals surface area contributed by atoms with Gasteiger partial charge in [-0.1, -0.05) is 6.42 Å². The van der Waals surface area contributed by atoms with Crippen LogP contribution < -0.4 is 11.5 Å². The summed E-state index contributed by atoms with van der Waals surface area (Å²) < 4.78 is 0. The lowest BCUT2D eigenvalue weighted by Crippen LogP contribution is -2.29. The number of rotatable bonds is 5. The molecule has 0 aliphatic heterocycles. The first kappa shape index (κ1) is 17.9. The molecule has 0 amide bonds. The SMILES string of the molecule is Cl.Cl.[15NH2][13CH2][13CH2][13CH2][13CH2][13C@H]([15NH2])[13C](=O)O. The summed E-state index contributed by atoms with van der Waals surface area (Å²) in [5.74, 6) is -0.933. The molecule has 0 aliphatic carbocycles. The lowest BCUT2D eigenvalue weighted by molar-refractivity contribution is -0.138. The van der Waals surface area contributed by atoms with E-state index in [0.29, 0.717) is 13.0 Å². The highest BCUT2D eigenvalue weighted by Gasteiger charge is 2.09. The maximum Gasteiger partial charge on any atom is 0.320 e. The average molecular weight is 227 g/mol. The summed E-state index contributed by atoms with van der Waals surface area (Å²) >= 11 is 0. The maximum atomic E-state index is 10.1. The maximum absolute atomic E-state index is 10.1. The van der Waals surface area contributed by atoms with Crippen molar-refractivity contribution in [2.24, 2.45) is 11.5 Å². The highest BCUT2D eigenvalue weighted by molar-refractivity contribution is 5.85. The van der Waals surface area contributed by atoms with Gasteiger partial charge in [-0.25, -0.2) is 0 Å². The van der Waals surface area contributed by atoms with E-state index in [1.165, 1.54) is 0 Å². The summed E-state index contributed by atoms with van der Waals surface area (Å²) in [5, 5.41) is 8.33. The largest absolute Gasteiger partial charge is 0.480 e. The Balaban J connectivity index is -0.000000405. The van der Waals surface area contributed by atoms with E-state index in [-0.39, 0.29) is 24.8 Å². The Kier molecular flexibility index (Phi) is 16.4. The zero-order valence-corrected chi connectivity index (χ0v) is 8.37. The fourth-order valence-electron chi connectivity index (χ4n) is 0.632. The summed E-state index contributed by atoms with van der Waals surface area (Å²) in [6.45, 7) is 0.604. The zero-order valence-electron chi connectivity index (χ0n) is 6.73. The molecule has 0 saturated heterocycles. The summed E-state index contributed by atoms with van der Waals surface area (Å²) in [7, 11) is 0. The monoisotopic (exact) mass is 226 g/mol. The number of carboxylic acids is 1. The van der Waals surface area contributed by atoms with Gasteiger partial charge in [0.25, 0.3) is 0 Å². The van der Waals surface area contributed by atoms with E-state index in [2.05, 4.69) is 0 Å². The molecule has 0 aliphatic rings. The molecule has 0 fully saturated rings. The van der Waals surface area contributed by atoms with Crippen LogP contribution >= 0.6 is 24.8 Å². The van der Waals surface area contributed by atoms with Gasteiger partial charge in [-0.05, 0) is 19.4 Å². The van der Waals surface area contributed by atoms with Crippen LogP contribution in [0.25, 0.3) is 0 Å². The number of aliphatic carboxylic acids is 1. The molecule has 0 bridgehead atoms. The van der Waals surface area contributed by atoms with Gasteiger partial charge in [-0.15, -0.1) is 24.8 Å². The van der Waals surface area contributed by atoms with Gasteiger partial charge in [0, 0.05) is 0 Å². The highest BCUT2D eigenvalue weighted by atomic mass is 35.5. The Labute approximate surface area is 84.5 Å². The second-order valence-corrected chi connectivity index (χ2v) is 2.23. The van der Waals surface area contributed by atoms with Gasteiger partial charge in [-0.2, -0.15) is 0 Å². The Morgan fingerprint density at radius 1 is 1.33 bits per heavy atom. The summed E-state index contributed by atoms with van der Waals surface area (Å²) in [6.07, 6.45) is 2.16. The predicted molar refractivity (Wildman–Crippen MR) is 53.0 cm³/mol. The van der Waals surface area contributed by atoms with E-state index in [1.807, 2.05) is 0 Å². The van der Waals surface area contributed by atoms with Crippen molar-refractivity contribution in [3.8, 4) is 0 Å². The molecule has 6 heteroatoms. The van der Waals surface area contributed by atoms with Crippen LogP contribution in [0.5, 0.6) is 0 Å². The Bertz CT molecular complexity index is 114. The Hall–Kier alpha value is -0.0300. The lowest BCUT2D eigenvalue weighted by Gasteiger charge is -2.03. The van der Waals surface area contributed by atoms with Crippen LogP contribution in [0.3, 0.4) is 0 Å². The Morgan fingerprint density at radius 2 is 1.83 bits per heavy atom. The fourth-order valence-corrected chi connectivity index (χ4v) is 0.632. The minimum atomic E-state index is -0.933. The van der Waals surface area contributed by atoms with Crippen molar-refractivity contribution >= 4 is 30.8 Å². The quantitative estimate of drug-likeness (QED) is 0.359. The molecule has 4 nitrogen and oxygen atoms in total. The molecule has 5 N–H and O–H groups in total. The number of hydrogen-bond acceptors (Lipinski definition) is 3. The summed E-state index contributed by atoms with van der Waals surface area (Å²) in [6, 6.07) is -0.716. The van der Waals surface area contributed by atoms with Crippen LogP contribution in [0.2, 0.25) is 0 Å². The van der Waals surface area contributed by atoms with Crippen LogP contribution in [0.4, 0.5) is 0 Å². The number of hydrogen-bond donors (Lipinski definition) is 3. The first-order valence-electron chi connectivity index (χ1n) is 3.37. The van der Waals surface area contributed by atoms with Gasteiger partial charge in [0.1, 0.15) is 6.04 Å². The van der Waals surface area contributed by atoms with E-state index in [9.17, 15) is 4.79 Å². The molecule has 0 unspecified atom stereocenters. The number of carbonyl (C=O) groups is 1. The third-order valence-electron chi connectivity index (χ3n) is 1.29. The van der Waals surface area contributed by atoms with Gasteiger partial charge in [0.15, 0.2) is 0 Å². The fraction of sp³-hybridized carbons (Fsp3) is 0.833. The second kappa shape index (κ2) is 11.0. The molecule has 76 valence electrons. The first-order chi connectivity index (χ1) is 4.68. The van der Waals surface area contributed by atoms with Crippen LogP contribution in [0.1, 0.15) is 19.3 Å². The second-order valence-electron chi connectivity index (χ2n) is 2.23. The highest BCUT2D eigenvalue weighted by Crippen LogP contribution is 1.96. The van der Waals surface area contributed by atoms with Crippen molar-refractivity contribution in [2.75, 3.05) is 6.54 Å². The molecule has 0 aromatic rings. The van der Waals surface area contributed by atoms with Crippen molar-refractivity contribution in [1.82, 2.24) is 0 Å². The molecular formula is C6H16Cl2N2O2. The first-order valence-corrected chi connectivity index (χ1v) is 3.37. The lowest BCUT2D eigenvalue weighted by atomic mass is 11.1. The normalized spacial score (nSPS) is 10.8. The minimum absolute atomic E-state index is 0. The predicted octanol–water partition coefficient (Wildman–Crippen LogP) is 0.371. The van der Waals surface area contributed by atoms with Gasteiger partial charge in [0.05, 0.1) is 0 Å². The topological polar surface area (TPSA) is 89.3 Å². The van der Waals surface area contributed by atoms with Crippen molar-refractivity contribution in [2.45, 2.75) is 25.3 Å². The standard InChI is InChI=1S/C6H14N2O2.2ClH/c7-4-2-1-3-5(8)6(9)10;;/h5H,1-4,7-8H2,(H,9,10);2*1H/t5-;;/m0../s1/i1+1,2+1,3+1,4+1,5+1,6+1,7+1,8+1;;. The van der Waals surface area contributed by atoms with E-state index in [4.69, 9.17) is 16.6 Å². The average Bonchev–Trinajstić information content (AvgIpc) is 1.88. The van der Waals surface area contributed by atoms with E-state index in [1.54, 1.807) is 0 Å². The van der Waals surface area contributed by atoms with Gasteiger partial charge < -0.3 is 16.6 Å². The van der Waals surface area contributed by atoms with Crippen molar-refractivity contribution in [1.29, 1.82) is 0 Å². The van der Waals surface area contributed by atoms with Crippen LogP contribution in [0.15, 0.2) is 0 Å². The van der Waals surface area contributed by atoms with Crippen LogP contribution in [-0.4, -0.2) is 23.7 Å². The smallest absolute Gasteiger partial charge is 0.320 e. The molecule has 0 heterocycles. The molecule has 0 aromatic carbocycles. The van der Waals surface area contributed by atoms with Gasteiger partial charge >= 0.3 is 5.97 Å². The minimum Gasteiger partial charge on any atom is -0.480 e. The zero-order chi connectivity index (χ0) is 7.98. The van der Waals surface area contributed by atoms with Gasteiger partial charge in [-0.3, -0.25) is 4.79 Å². The van der Waals surface area contributed by atoms with Crippen molar-refractivity contribution in [3.63, 3.8) is 0 Å². The van der Waals surface area contributed by atoms with E-state index in [0.717, 1.165) is 12.8 Å². The van der Waals surface area contributed by atoms with E-state index >= 15 is 0 Å². The molecule has 0 radical (unpaired) electrons. The molecular weight excluding hydrogens is 211 g/mol. The number of unbranched alkanes of at least 4 members (excludes halogenated alkanes) is 1.